The van der Waals surface area contributed by atoms with Crippen LogP contribution in [0.25, 0.3) is 11.3 Å². The molecular weight excluding hydrogens is 342 g/mol. The topological polar surface area (TPSA) is 89.6 Å². The van der Waals surface area contributed by atoms with Crippen molar-refractivity contribution in [2.75, 3.05) is 12.5 Å². The molecule has 0 spiro atoms. The van der Waals surface area contributed by atoms with Gasteiger partial charge in [-0.1, -0.05) is 18.3 Å². The van der Waals surface area contributed by atoms with Crippen LogP contribution in [0.1, 0.15) is 31.2 Å². The molecular formula is C17H21N3O4S. The largest absolute Gasteiger partial charge is 0.497 e. The minimum Gasteiger partial charge on any atom is -0.497 e. The highest BCUT2D eigenvalue weighted by Crippen LogP contribution is 2.34. The molecule has 1 heterocycles. The Kier molecular flexibility index (Phi) is 6.35. The lowest BCUT2D eigenvalue weighted by atomic mass is 10.0. The summed E-state index contributed by atoms with van der Waals surface area (Å²) in [6.45, 7) is 4.93. The summed E-state index contributed by atoms with van der Waals surface area (Å²) in [6, 6.07) is 5.88. The maximum Gasteiger partial charge on any atom is 0.302 e. The summed E-state index contributed by atoms with van der Waals surface area (Å²) in [5, 5.41) is 0.508. The van der Waals surface area contributed by atoms with Crippen LogP contribution in [0.5, 0.6) is 5.75 Å². The number of thiazole rings is 1. The van der Waals surface area contributed by atoms with E-state index in [1.165, 1.54) is 25.2 Å². The zero-order valence-electron chi connectivity index (χ0n) is 14.6. The van der Waals surface area contributed by atoms with Gasteiger partial charge in [-0.05, 0) is 30.2 Å². The van der Waals surface area contributed by atoms with Crippen molar-refractivity contribution in [3.05, 3.63) is 28.6 Å². The second kappa shape index (κ2) is 8.48. The van der Waals surface area contributed by atoms with Crippen LogP contribution in [0.4, 0.5) is 5.13 Å². The third-order valence-electron chi connectivity index (χ3n) is 3.33. The number of hydrogen-bond donors (Lipinski definition) is 2. The fraction of sp³-hybridized carbons (Fsp3) is 0.353. The number of amides is 1. The summed E-state index contributed by atoms with van der Waals surface area (Å²) in [5.74, 6) is 0.140. The van der Waals surface area contributed by atoms with E-state index in [1.54, 1.807) is 7.11 Å². The van der Waals surface area contributed by atoms with Crippen LogP contribution >= 0.6 is 11.3 Å². The number of hydrazine groups is 1. The fourth-order valence-corrected chi connectivity index (χ4v) is 3.01. The number of carbonyl (C=O) groups is 2. The molecule has 134 valence electrons. The average molecular weight is 363 g/mol. The molecule has 0 atom stereocenters. The molecule has 2 rings (SSSR count). The number of aryl methyl sites for hydroxylation is 1. The minimum atomic E-state index is -0.365. The number of hydrogen-bond acceptors (Lipinski definition) is 7. The molecule has 2 aromatic rings. The highest BCUT2D eigenvalue weighted by Gasteiger charge is 2.16. The van der Waals surface area contributed by atoms with Crippen molar-refractivity contribution in [2.24, 2.45) is 0 Å². The maximum atomic E-state index is 11.2. The van der Waals surface area contributed by atoms with E-state index in [-0.39, 0.29) is 18.5 Å². The second-order valence-corrected chi connectivity index (χ2v) is 6.38. The zero-order valence-corrected chi connectivity index (χ0v) is 15.5. The first kappa shape index (κ1) is 18.7. The Morgan fingerprint density at radius 1 is 1.24 bits per heavy atom. The maximum absolute atomic E-state index is 11.2. The monoisotopic (exact) mass is 363 g/mol. The third-order valence-corrected chi connectivity index (χ3v) is 4.28. The van der Waals surface area contributed by atoms with Gasteiger partial charge in [0.15, 0.2) is 0 Å². The molecule has 0 aliphatic carbocycles. The molecule has 1 amide bonds. The van der Waals surface area contributed by atoms with Crippen molar-refractivity contribution >= 4 is 28.3 Å². The molecule has 0 radical (unpaired) electrons. The Bertz CT molecular complexity index is 751. The van der Waals surface area contributed by atoms with E-state index in [0.717, 1.165) is 28.2 Å². The molecule has 0 fully saturated rings. The normalized spacial score (nSPS) is 10.2. The number of esters is 1. The summed E-state index contributed by atoms with van der Waals surface area (Å²) in [5.41, 5.74) is 7.91. The van der Waals surface area contributed by atoms with E-state index in [9.17, 15) is 9.59 Å². The first-order valence-corrected chi connectivity index (χ1v) is 8.58. The van der Waals surface area contributed by atoms with Gasteiger partial charge in [0.2, 0.25) is 11.0 Å². The van der Waals surface area contributed by atoms with Gasteiger partial charge in [0.25, 0.3) is 0 Å². The van der Waals surface area contributed by atoms with Gasteiger partial charge in [-0.3, -0.25) is 20.4 Å². The van der Waals surface area contributed by atoms with Crippen molar-refractivity contribution < 1.29 is 19.1 Å². The molecule has 1 aromatic heterocycles. The van der Waals surface area contributed by atoms with Gasteiger partial charge >= 0.3 is 5.97 Å². The van der Waals surface area contributed by atoms with E-state index >= 15 is 0 Å². The average Bonchev–Trinajstić information content (AvgIpc) is 3.00. The van der Waals surface area contributed by atoms with Gasteiger partial charge in [-0.2, -0.15) is 0 Å². The predicted octanol–water partition coefficient (Wildman–Crippen LogP) is 2.91. The lowest BCUT2D eigenvalue weighted by Crippen LogP contribution is -2.26. The summed E-state index contributed by atoms with van der Waals surface area (Å²) in [4.78, 5) is 27.5. The molecule has 2 N–H and O–H groups in total. The number of methoxy groups -OCH3 is 1. The molecule has 0 aliphatic rings. The molecule has 25 heavy (non-hydrogen) atoms. The number of rotatable bonds is 7. The molecule has 0 bridgehead atoms. The number of aromatic nitrogens is 1. The molecule has 0 aliphatic heterocycles. The van der Waals surface area contributed by atoms with Crippen LogP contribution in [0.15, 0.2) is 18.2 Å². The number of ether oxygens (including phenoxy) is 2. The Morgan fingerprint density at radius 2 is 2.00 bits per heavy atom. The molecule has 8 heteroatoms. The zero-order chi connectivity index (χ0) is 18.4. The molecule has 0 saturated carbocycles. The highest BCUT2D eigenvalue weighted by molar-refractivity contribution is 7.16. The minimum absolute atomic E-state index is 0.114. The van der Waals surface area contributed by atoms with Gasteiger partial charge < -0.3 is 9.47 Å². The number of carbonyl (C=O) groups excluding carboxylic acids is 2. The number of anilines is 1. The molecule has 7 nitrogen and oxygen atoms in total. The number of nitrogens with one attached hydrogen (secondary N) is 2. The van der Waals surface area contributed by atoms with Crippen LogP contribution in [0.3, 0.4) is 0 Å². The van der Waals surface area contributed by atoms with Crippen molar-refractivity contribution in [1.29, 1.82) is 0 Å². The van der Waals surface area contributed by atoms with Gasteiger partial charge in [-0.15, -0.1) is 0 Å². The van der Waals surface area contributed by atoms with Crippen LogP contribution < -0.4 is 15.6 Å². The van der Waals surface area contributed by atoms with E-state index < -0.39 is 0 Å². The number of benzene rings is 1. The predicted molar refractivity (Wildman–Crippen MR) is 96.4 cm³/mol. The van der Waals surface area contributed by atoms with Crippen molar-refractivity contribution in [3.8, 4) is 17.0 Å². The quantitative estimate of drug-likeness (QED) is 0.581. The summed E-state index contributed by atoms with van der Waals surface area (Å²) >= 11 is 1.31. The third kappa shape index (κ3) is 5.18. The van der Waals surface area contributed by atoms with Crippen molar-refractivity contribution in [2.45, 2.75) is 33.8 Å². The lowest BCUT2D eigenvalue weighted by Gasteiger charge is -2.08. The smallest absolute Gasteiger partial charge is 0.302 e. The highest BCUT2D eigenvalue weighted by atomic mass is 32.1. The number of nitrogens with zero attached hydrogens (tertiary/aromatic N) is 1. The summed E-state index contributed by atoms with van der Waals surface area (Å²) < 4.78 is 10.5. The van der Waals surface area contributed by atoms with Gasteiger partial charge in [0.1, 0.15) is 12.4 Å². The van der Waals surface area contributed by atoms with Gasteiger partial charge in [0.05, 0.1) is 17.7 Å². The van der Waals surface area contributed by atoms with Crippen molar-refractivity contribution in [1.82, 2.24) is 10.4 Å². The first-order chi connectivity index (χ1) is 11.9. The standard InChI is InChI=1S/C17H21N3O4S/c1-5-12-6-13(8-14(7-12)23-4)16-15(9-24-11(3)22)25-17(18-16)20-19-10(2)21/h6-8H,5,9H2,1-4H3,(H,18,20)(H,19,21). The van der Waals surface area contributed by atoms with Gasteiger partial charge in [0, 0.05) is 19.4 Å². The Morgan fingerprint density at radius 3 is 2.60 bits per heavy atom. The van der Waals surface area contributed by atoms with Gasteiger partial charge in [-0.25, -0.2) is 4.98 Å². The van der Waals surface area contributed by atoms with Crippen molar-refractivity contribution in [3.63, 3.8) is 0 Å². The van der Waals surface area contributed by atoms with E-state index in [0.29, 0.717) is 10.8 Å². The fourth-order valence-electron chi connectivity index (χ4n) is 2.16. The van der Waals surface area contributed by atoms with Crippen LogP contribution in [0.2, 0.25) is 0 Å². The van der Waals surface area contributed by atoms with E-state index in [4.69, 9.17) is 9.47 Å². The van der Waals surface area contributed by atoms with Crippen LogP contribution in [-0.4, -0.2) is 24.0 Å². The summed E-state index contributed by atoms with van der Waals surface area (Å²) in [7, 11) is 1.61. The van der Waals surface area contributed by atoms with Crippen LogP contribution in [0, 0.1) is 0 Å². The first-order valence-electron chi connectivity index (χ1n) is 7.77. The lowest BCUT2D eigenvalue weighted by molar-refractivity contribution is -0.142. The van der Waals surface area contributed by atoms with Crippen LogP contribution in [-0.2, 0) is 27.4 Å². The Hall–Kier alpha value is -2.61. The molecule has 0 saturated heterocycles. The molecule has 1 aromatic carbocycles. The second-order valence-electron chi connectivity index (χ2n) is 5.30. The summed E-state index contributed by atoms with van der Waals surface area (Å²) in [6.07, 6.45) is 0.852. The Balaban J connectivity index is 2.42. The molecule has 0 unspecified atom stereocenters. The van der Waals surface area contributed by atoms with E-state index in [2.05, 4.69) is 22.8 Å². The van der Waals surface area contributed by atoms with E-state index in [1.807, 2.05) is 18.2 Å². The SMILES string of the molecule is CCc1cc(OC)cc(-c2nc(NNC(C)=O)sc2COC(C)=O)c1. The Labute approximate surface area is 150 Å².